The van der Waals surface area contributed by atoms with Crippen LogP contribution in [0.25, 0.3) is 0 Å². The topological polar surface area (TPSA) is 111 Å². The number of piperazine rings is 1. The van der Waals surface area contributed by atoms with Crippen LogP contribution in [0.1, 0.15) is 24.0 Å². The van der Waals surface area contributed by atoms with Gasteiger partial charge in [-0.2, -0.15) is 5.10 Å². The number of nitrogens with one attached hydrogen (secondary N) is 1. The second-order valence-electron chi connectivity index (χ2n) is 8.82. The van der Waals surface area contributed by atoms with Gasteiger partial charge in [0.15, 0.2) is 0 Å². The first-order valence-corrected chi connectivity index (χ1v) is 12.0. The zero-order chi connectivity index (χ0) is 25.8. The smallest absolute Gasteiger partial charge is 0.285 e. The third-order valence-corrected chi connectivity index (χ3v) is 6.88. The number of nitrogens with two attached hydrogens (primary N) is 1. The molecule has 0 atom stereocenters. The molecule has 0 saturated carbocycles. The molecule has 2 aliphatic heterocycles. The van der Waals surface area contributed by atoms with E-state index >= 15 is 0 Å². The Hall–Kier alpha value is -3.31. The lowest BCUT2D eigenvalue weighted by Crippen LogP contribution is -2.49. The predicted molar refractivity (Wildman–Crippen MR) is 135 cm³/mol. The van der Waals surface area contributed by atoms with E-state index in [1.807, 2.05) is 11.9 Å². The molecule has 0 spiro atoms. The number of amides is 1. The average Bonchev–Trinajstić information content (AvgIpc) is 2.88. The summed E-state index contributed by atoms with van der Waals surface area (Å²) in [7, 11) is 1.99. The van der Waals surface area contributed by atoms with Crippen LogP contribution in [0.2, 0.25) is 5.02 Å². The number of aromatic nitrogens is 2. The van der Waals surface area contributed by atoms with E-state index in [0.29, 0.717) is 48.6 Å². The first kappa shape index (κ1) is 25.8. The van der Waals surface area contributed by atoms with Crippen molar-refractivity contribution in [1.29, 1.82) is 0 Å². The number of carbonyl (C=O) groups excluding carboxylic acids is 1. The molecule has 4 rings (SSSR count). The maximum Gasteiger partial charge on any atom is 0.285 e. The minimum absolute atomic E-state index is 0.0143. The van der Waals surface area contributed by atoms with Crippen molar-refractivity contribution in [3.05, 3.63) is 68.2 Å². The lowest BCUT2D eigenvalue weighted by molar-refractivity contribution is -0.128. The van der Waals surface area contributed by atoms with Gasteiger partial charge in [-0.1, -0.05) is 35.9 Å². The van der Waals surface area contributed by atoms with E-state index in [4.69, 9.17) is 17.3 Å². The Morgan fingerprint density at radius 1 is 1.22 bits per heavy atom. The number of piperidine rings is 1. The fourth-order valence-corrected chi connectivity index (χ4v) is 4.56. The SMILES string of the molecule is CN1CCN(C(=O)/C(N)=C2\CN(c3cn[nH]c(=O)c3Cl)CCC2=NCc2ccccc2C(F)F)CC1. The Labute approximate surface area is 212 Å². The number of benzene rings is 1. The van der Waals surface area contributed by atoms with E-state index in [0.717, 1.165) is 13.1 Å². The monoisotopic (exact) mass is 519 g/mol. The zero-order valence-corrected chi connectivity index (χ0v) is 20.6. The van der Waals surface area contributed by atoms with Crippen molar-refractivity contribution >= 4 is 28.9 Å². The number of rotatable bonds is 5. The van der Waals surface area contributed by atoms with Gasteiger partial charge >= 0.3 is 0 Å². The summed E-state index contributed by atoms with van der Waals surface area (Å²) < 4.78 is 26.9. The molecular weight excluding hydrogens is 492 g/mol. The van der Waals surface area contributed by atoms with Crippen LogP contribution < -0.4 is 16.2 Å². The third-order valence-electron chi connectivity index (χ3n) is 6.51. The normalized spacial score (nSPS) is 19.8. The number of alkyl halides is 2. The molecule has 1 aromatic heterocycles. The molecule has 12 heteroatoms. The first-order valence-electron chi connectivity index (χ1n) is 11.6. The maximum atomic E-state index is 13.5. The number of aliphatic imine (C=N–C) groups is 1. The second-order valence-corrected chi connectivity index (χ2v) is 9.20. The summed E-state index contributed by atoms with van der Waals surface area (Å²) in [6.07, 6.45) is -0.791. The van der Waals surface area contributed by atoms with Crippen molar-refractivity contribution in [2.75, 3.05) is 51.2 Å². The van der Waals surface area contributed by atoms with Crippen molar-refractivity contribution < 1.29 is 13.6 Å². The van der Waals surface area contributed by atoms with Gasteiger partial charge in [-0.25, -0.2) is 13.9 Å². The van der Waals surface area contributed by atoms with Gasteiger partial charge in [0, 0.05) is 62.5 Å². The number of nitrogens with zero attached hydrogens (tertiary/aromatic N) is 5. The van der Waals surface area contributed by atoms with Crippen LogP contribution in [-0.2, 0) is 11.3 Å². The molecule has 0 aliphatic carbocycles. The van der Waals surface area contributed by atoms with Gasteiger partial charge in [-0.05, 0) is 12.6 Å². The largest absolute Gasteiger partial charge is 0.394 e. The predicted octanol–water partition coefficient (Wildman–Crippen LogP) is 2.20. The van der Waals surface area contributed by atoms with Gasteiger partial charge in [-0.15, -0.1) is 0 Å². The molecule has 192 valence electrons. The Kier molecular flexibility index (Phi) is 8.00. The summed E-state index contributed by atoms with van der Waals surface area (Å²) in [5.41, 5.74) is 7.78. The van der Waals surface area contributed by atoms with Crippen molar-refractivity contribution in [2.45, 2.75) is 19.4 Å². The first-order chi connectivity index (χ1) is 17.3. The van der Waals surface area contributed by atoms with E-state index in [9.17, 15) is 18.4 Å². The van der Waals surface area contributed by atoms with Crippen LogP contribution in [0.5, 0.6) is 0 Å². The maximum absolute atomic E-state index is 13.5. The zero-order valence-electron chi connectivity index (χ0n) is 19.9. The molecule has 2 fully saturated rings. The average molecular weight is 520 g/mol. The minimum atomic E-state index is -2.62. The third kappa shape index (κ3) is 5.57. The van der Waals surface area contributed by atoms with Crippen molar-refractivity contribution in [3.8, 4) is 0 Å². The number of anilines is 1. The molecular formula is C24H28ClF2N7O2. The van der Waals surface area contributed by atoms with Gasteiger partial charge < -0.3 is 20.4 Å². The summed E-state index contributed by atoms with van der Waals surface area (Å²) in [5.74, 6) is -0.296. The van der Waals surface area contributed by atoms with Crippen LogP contribution in [0.3, 0.4) is 0 Å². The quantitative estimate of drug-likeness (QED) is 0.586. The number of hydrogen-bond donors (Lipinski definition) is 2. The summed E-state index contributed by atoms with van der Waals surface area (Å²) in [4.78, 5) is 35.6. The van der Waals surface area contributed by atoms with Crippen LogP contribution in [0, 0.1) is 0 Å². The highest BCUT2D eigenvalue weighted by atomic mass is 35.5. The minimum Gasteiger partial charge on any atom is -0.394 e. The lowest BCUT2D eigenvalue weighted by Gasteiger charge is -2.35. The van der Waals surface area contributed by atoms with Crippen LogP contribution in [0.4, 0.5) is 14.5 Å². The molecule has 0 radical (unpaired) electrons. The van der Waals surface area contributed by atoms with Crippen molar-refractivity contribution in [3.63, 3.8) is 0 Å². The molecule has 9 nitrogen and oxygen atoms in total. The molecule has 3 N–H and O–H groups in total. The molecule has 1 aromatic carbocycles. The number of halogens is 3. The summed E-state index contributed by atoms with van der Waals surface area (Å²) in [6.45, 7) is 3.20. The summed E-state index contributed by atoms with van der Waals surface area (Å²) in [6, 6.07) is 6.25. The van der Waals surface area contributed by atoms with E-state index in [2.05, 4.69) is 20.1 Å². The fraction of sp³-hybridized carbons (Fsp3) is 0.417. The highest BCUT2D eigenvalue weighted by Gasteiger charge is 2.29. The van der Waals surface area contributed by atoms with Crippen molar-refractivity contribution in [1.82, 2.24) is 20.0 Å². The molecule has 0 unspecified atom stereocenters. The van der Waals surface area contributed by atoms with E-state index in [1.165, 1.54) is 12.3 Å². The Bertz CT molecular complexity index is 1240. The van der Waals surface area contributed by atoms with Crippen molar-refractivity contribution in [2.24, 2.45) is 10.7 Å². The highest BCUT2D eigenvalue weighted by molar-refractivity contribution is 6.33. The van der Waals surface area contributed by atoms with Gasteiger partial charge in [0.1, 0.15) is 10.7 Å². The van der Waals surface area contributed by atoms with E-state index in [1.54, 1.807) is 23.1 Å². The number of hydrogen-bond acceptors (Lipinski definition) is 7. The molecule has 2 saturated heterocycles. The van der Waals surface area contributed by atoms with Gasteiger partial charge in [0.2, 0.25) is 0 Å². The van der Waals surface area contributed by atoms with Gasteiger partial charge in [0.05, 0.1) is 18.4 Å². The Morgan fingerprint density at radius 2 is 1.94 bits per heavy atom. The van der Waals surface area contributed by atoms with Gasteiger partial charge in [-0.3, -0.25) is 14.6 Å². The molecule has 2 aliphatic rings. The lowest BCUT2D eigenvalue weighted by atomic mass is 9.98. The Balaban J connectivity index is 1.68. The second kappa shape index (κ2) is 11.2. The molecule has 2 aromatic rings. The molecule has 36 heavy (non-hydrogen) atoms. The molecule has 3 heterocycles. The highest BCUT2D eigenvalue weighted by Crippen LogP contribution is 2.28. The molecule has 0 bridgehead atoms. The Morgan fingerprint density at radius 3 is 2.67 bits per heavy atom. The van der Waals surface area contributed by atoms with Crippen LogP contribution in [-0.4, -0.2) is 77.9 Å². The van der Waals surface area contributed by atoms with E-state index in [-0.39, 0.29) is 35.3 Å². The fourth-order valence-electron chi connectivity index (χ4n) is 4.35. The summed E-state index contributed by atoms with van der Waals surface area (Å²) in [5, 5.41) is 6.11. The van der Waals surface area contributed by atoms with Crippen LogP contribution in [0.15, 0.2) is 51.5 Å². The van der Waals surface area contributed by atoms with Gasteiger partial charge in [0.25, 0.3) is 17.9 Å². The number of H-pyrrole nitrogens is 1. The number of carbonyl (C=O) groups is 1. The van der Waals surface area contributed by atoms with E-state index < -0.39 is 12.0 Å². The number of likely N-dealkylation sites (N-methyl/N-ethyl adjacent to an activating group) is 1. The standard InChI is InChI=1S/C24H28ClF2N7O2/c1-32-8-10-33(11-9-32)24(36)21(28)17-14-34(19-13-30-31-23(35)20(19)25)7-6-18(17)29-12-15-4-2-3-5-16(15)22(26)27/h2-5,13,22H,6-12,14,28H2,1H3,(H,31,35)/b21-17-,29-18?. The van der Waals surface area contributed by atoms with Crippen LogP contribution >= 0.6 is 11.6 Å². The molecule has 1 amide bonds. The summed E-state index contributed by atoms with van der Waals surface area (Å²) >= 11 is 6.22. The number of aromatic amines is 1.